The predicted molar refractivity (Wildman–Crippen MR) is 102 cm³/mol. The lowest BCUT2D eigenvalue weighted by Crippen LogP contribution is -2.33. The van der Waals surface area contributed by atoms with Crippen molar-refractivity contribution in [1.29, 1.82) is 0 Å². The Hall–Kier alpha value is -2.95. The summed E-state index contributed by atoms with van der Waals surface area (Å²) < 4.78 is 42.9. The summed E-state index contributed by atoms with van der Waals surface area (Å²) in [5.74, 6) is 1.88. The third kappa shape index (κ3) is 3.46. The molecule has 0 aromatic carbocycles. The van der Waals surface area contributed by atoms with Crippen LogP contribution in [0.5, 0.6) is 0 Å². The maximum absolute atomic E-state index is 13.2. The standard InChI is InChI=1S/C18H16F3N7S/c1-4-29-12-5-6-14(28-9-22-8-23-28)26-15(12)17-25-11-7-13(18(19,20)21)24-10(2)16(11)27(17)3/h5-9H,4H2,1-3H3/p+1. The van der Waals surface area contributed by atoms with Gasteiger partial charge in [-0.1, -0.05) is 16.9 Å². The van der Waals surface area contributed by atoms with Crippen LogP contribution in [0.15, 0.2) is 35.7 Å². The van der Waals surface area contributed by atoms with E-state index in [9.17, 15) is 13.2 Å². The molecular weight excluding hydrogens is 403 g/mol. The zero-order valence-electron chi connectivity index (χ0n) is 15.8. The molecule has 0 amide bonds. The smallest absolute Gasteiger partial charge is 0.323 e. The molecule has 11 heteroatoms. The number of fused-ring (bicyclic) bond motifs is 1. The van der Waals surface area contributed by atoms with E-state index in [1.54, 1.807) is 41.3 Å². The van der Waals surface area contributed by atoms with Crippen molar-refractivity contribution in [3.8, 4) is 17.3 Å². The van der Waals surface area contributed by atoms with Crippen molar-refractivity contribution < 1.29 is 17.9 Å². The highest BCUT2D eigenvalue weighted by Crippen LogP contribution is 2.34. The van der Waals surface area contributed by atoms with E-state index in [0.717, 1.165) is 16.7 Å². The van der Waals surface area contributed by atoms with Crippen molar-refractivity contribution in [2.45, 2.75) is 24.9 Å². The van der Waals surface area contributed by atoms with Gasteiger partial charge < -0.3 is 4.57 Å². The first-order valence-corrected chi connectivity index (χ1v) is 9.74. The Labute approximate surface area is 168 Å². The minimum absolute atomic E-state index is 0.233. The van der Waals surface area contributed by atoms with Gasteiger partial charge in [-0.3, -0.25) is 0 Å². The van der Waals surface area contributed by atoms with E-state index in [4.69, 9.17) is 4.98 Å². The first-order chi connectivity index (χ1) is 13.8. The molecule has 1 N–H and O–H groups in total. The average Bonchev–Trinajstić information content (AvgIpc) is 3.30. The number of imidazole rings is 1. The van der Waals surface area contributed by atoms with Gasteiger partial charge in [0.15, 0.2) is 17.8 Å². The molecule has 0 aliphatic rings. The Morgan fingerprint density at radius 1 is 1.21 bits per heavy atom. The van der Waals surface area contributed by atoms with Crippen LogP contribution >= 0.6 is 11.8 Å². The van der Waals surface area contributed by atoms with Crippen molar-refractivity contribution in [1.82, 2.24) is 29.6 Å². The molecule has 4 heterocycles. The minimum Gasteiger partial charge on any atom is -0.323 e. The predicted octanol–water partition coefficient (Wildman–Crippen LogP) is 3.47. The number of alkyl halides is 3. The number of H-pyrrole nitrogens is 1. The van der Waals surface area contributed by atoms with Crippen LogP contribution in [0.3, 0.4) is 0 Å². The second kappa shape index (κ2) is 7.14. The molecule has 4 rings (SSSR count). The lowest BCUT2D eigenvalue weighted by molar-refractivity contribution is -0.660. The fourth-order valence-corrected chi connectivity index (χ4v) is 3.91. The summed E-state index contributed by atoms with van der Waals surface area (Å²) in [4.78, 5) is 17.8. The normalized spacial score (nSPS) is 12.1. The van der Waals surface area contributed by atoms with E-state index in [0.29, 0.717) is 22.9 Å². The molecule has 0 aliphatic heterocycles. The highest BCUT2D eigenvalue weighted by molar-refractivity contribution is 7.99. The molecule has 0 radical (unpaired) electrons. The van der Waals surface area contributed by atoms with Crippen LogP contribution in [0.25, 0.3) is 28.4 Å². The summed E-state index contributed by atoms with van der Waals surface area (Å²) in [7, 11) is 1.75. The molecule has 7 nitrogen and oxygen atoms in total. The quantitative estimate of drug-likeness (QED) is 0.404. The molecule has 0 saturated heterocycles. The Kier molecular flexibility index (Phi) is 4.77. The van der Waals surface area contributed by atoms with E-state index >= 15 is 0 Å². The van der Waals surface area contributed by atoms with Gasteiger partial charge in [0.25, 0.3) is 5.82 Å². The van der Waals surface area contributed by atoms with Crippen LogP contribution in [-0.4, -0.2) is 35.4 Å². The molecule has 0 aliphatic carbocycles. The maximum Gasteiger partial charge on any atom is 0.433 e. The number of aromatic amines is 1. The van der Waals surface area contributed by atoms with Crippen LogP contribution in [0.4, 0.5) is 13.2 Å². The van der Waals surface area contributed by atoms with Crippen LogP contribution in [0.2, 0.25) is 0 Å². The van der Waals surface area contributed by atoms with Crippen molar-refractivity contribution >= 4 is 22.8 Å². The second-order valence-electron chi connectivity index (χ2n) is 6.29. The van der Waals surface area contributed by atoms with Gasteiger partial charge in [-0.15, -0.1) is 16.4 Å². The van der Waals surface area contributed by atoms with Gasteiger partial charge in [-0.05, 0) is 24.8 Å². The molecule has 0 spiro atoms. The van der Waals surface area contributed by atoms with E-state index in [-0.39, 0.29) is 11.2 Å². The Morgan fingerprint density at radius 3 is 2.66 bits per heavy atom. The first-order valence-electron chi connectivity index (χ1n) is 8.75. The number of nitrogens with zero attached hydrogens (tertiary/aromatic N) is 6. The molecule has 0 atom stereocenters. The number of hydrogen-bond donors (Lipinski definition) is 1. The largest absolute Gasteiger partial charge is 0.433 e. The Bertz CT molecular complexity index is 1180. The van der Waals surface area contributed by atoms with Crippen LogP contribution in [0.1, 0.15) is 18.3 Å². The molecule has 0 fully saturated rings. The molecule has 150 valence electrons. The van der Waals surface area contributed by atoms with Crippen molar-refractivity contribution in [3.63, 3.8) is 0 Å². The number of thioether (sulfide) groups is 1. The lowest BCUT2D eigenvalue weighted by atomic mass is 10.2. The third-order valence-corrected chi connectivity index (χ3v) is 5.30. The highest BCUT2D eigenvalue weighted by atomic mass is 32.2. The van der Waals surface area contributed by atoms with Crippen LogP contribution in [-0.2, 0) is 13.2 Å². The number of rotatable bonds is 4. The lowest BCUT2D eigenvalue weighted by Gasteiger charge is -2.08. The fourth-order valence-electron chi connectivity index (χ4n) is 3.16. The number of hydrogen-bond acceptors (Lipinski definition) is 5. The average molecular weight is 420 g/mol. The maximum atomic E-state index is 13.2. The monoisotopic (exact) mass is 420 g/mol. The minimum atomic E-state index is -4.53. The Balaban J connectivity index is 1.95. The molecule has 0 bridgehead atoms. The van der Waals surface area contributed by atoms with Crippen LogP contribution < -0.4 is 4.68 Å². The fraction of sp³-hybridized carbons (Fsp3) is 0.278. The van der Waals surface area contributed by atoms with Gasteiger partial charge in [-0.25, -0.2) is 15.1 Å². The summed E-state index contributed by atoms with van der Waals surface area (Å²) >= 11 is 1.59. The number of halogens is 3. The topological polar surface area (TPSA) is 76.2 Å². The zero-order chi connectivity index (χ0) is 20.8. The highest BCUT2D eigenvalue weighted by Gasteiger charge is 2.34. The van der Waals surface area contributed by atoms with E-state index in [1.165, 1.54) is 6.33 Å². The molecule has 29 heavy (non-hydrogen) atoms. The molecule has 4 aromatic heterocycles. The van der Waals surface area contributed by atoms with E-state index in [2.05, 4.69) is 20.1 Å². The summed E-state index contributed by atoms with van der Waals surface area (Å²) in [5, 5.41) is 2.93. The van der Waals surface area contributed by atoms with Crippen molar-refractivity contribution in [3.05, 3.63) is 42.2 Å². The molecule has 0 saturated carbocycles. The second-order valence-corrected chi connectivity index (χ2v) is 7.60. The van der Waals surface area contributed by atoms with Gasteiger partial charge in [0.1, 0.15) is 5.69 Å². The van der Waals surface area contributed by atoms with Crippen molar-refractivity contribution in [2.75, 3.05) is 5.75 Å². The first kappa shape index (κ1) is 19.4. The van der Waals surface area contributed by atoms with E-state index < -0.39 is 11.9 Å². The summed E-state index contributed by atoms with van der Waals surface area (Å²) in [6, 6.07) is 4.74. The summed E-state index contributed by atoms with van der Waals surface area (Å²) in [5.41, 5.74) is 0.672. The van der Waals surface area contributed by atoms with Gasteiger partial charge in [-0.2, -0.15) is 13.2 Å². The van der Waals surface area contributed by atoms with Crippen LogP contribution in [0, 0.1) is 6.92 Å². The molecule has 0 unspecified atom stereocenters. The van der Waals surface area contributed by atoms with Gasteiger partial charge in [0, 0.05) is 13.1 Å². The third-order valence-electron chi connectivity index (χ3n) is 4.37. The van der Waals surface area contributed by atoms with Gasteiger partial charge in [0.2, 0.25) is 6.33 Å². The summed E-state index contributed by atoms with van der Waals surface area (Å²) in [6.07, 6.45) is -1.43. The number of aryl methyl sites for hydroxylation is 2. The molecular formula is C18H17F3N7S+. The van der Waals surface area contributed by atoms with Gasteiger partial charge in [0.05, 0.1) is 21.6 Å². The number of pyridine rings is 2. The van der Waals surface area contributed by atoms with Gasteiger partial charge >= 0.3 is 6.18 Å². The SMILES string of the molecule is CCSc1ccc(-[n+]2cnc[nH]2)nc1-c1nc2cc(C(F)(F)F)nc(C)c2n1C. The summed E-state index contributed by atoms with van der Waals surface area (Å²) in [6.45, 7) is 3.57. The number of aromatic nitrogens is 7. The Morgan fingerprint density at radius 2 is 2.00 bits per heavy atom. The van der Waals surface area contributed by atoms with Crippen molar-refractivity contribution in [2.24, 2.45) is 7.05 Å². The zero-order valence-corrected chi connectivity index (χ0v) is 16.6. The number of nitrogens with one attached hydrogen (secondary N) is 1. The van der Waals surface area contributed by atoms with E-state index in [1.807, 2.05) is 19.1 Å². The molecule has 4 aromatic rings.